The summed E-state index contributed by atoms with van der Waals surface area (Å²) in [6.45, 7) is 30.9. The first-order valence-corrected chi connectivity index (χ1v) is 20.7. The third-order valence-electron chi connectivity index (χ3n) is 22.9. The third-order valence-corrected chi connectivity index (χ3v) is 63.2. The summed E-state index contributed by atoms with van der Waals surface area (Å²) in [5, 5.41) is 0. The van der Waals surface area contributed by atoms with E-state index in [1.165, 1.54) is 38.8 Å². The van der Waals surface area contributed by atoms with Gasteiger partial charge in [0.1, 0.15) is 0 Å². The molecule has 0 amide bonds. The molecular formula is C34H46Co. The maximum absolute atomic E-state index is 3.62. The molecule has 191 valence electrons. The van der Waals surface area contributed by atoms with Crippen molar-refractivity contribution in [2.24, 2.45) is 22.7 Å². The Kier molecular flexibility index (Phi) is 1.25. The predicted molar refractivity (Wildman–Crippen MR) is 143 cm³/mol. The molecule has 10 saturated heterocycles. The molecule has 35 heavy (non-hydrogen) atoms. The van der Waals surface area contributed by atoms with Crippen LogP contribution in [0.1, 0.15) is 83.1 Å². The van der Waals surface area contributed by atoms with Crippen molar-refractivity contribution in [3.05, 3.63) is 44.6 Å². The normalized spacial score (nSPS) is 79.4. The molecule has 10 fully saturated rings. The number of hydrogen-bond donors (Lipinski definition) is 0. The minimum absolute atomic E-state index is 0.313. The molecule has 0 nitrogen and oxygen atoms in total. The average Bonchev–Trinajstić information content (AvgIpc) is 3.75. The zero-order valence-electron chi connectivity index (χ0n) is 24.1. The van der Waals surface area contributed by atoms with Crippen LogP contribution in [0.15, 0.2) is 44.6 Å². The molecule has 6 unspecified atom stereocenters. The van der Waals surface area contributed by atoms with Crippen LogP contribution in [0.2, 0.25) is 47.5 Å². The van der Waals surface area contributed by atoms with Crippen LogP contribution < -0.4 is 0 Å². The summed E-state index contributed by atoms with van der Waals surface area (Å²) in [5.41, 5.74) is 15.2. The van der Waals surface area contributed by atoms with Crippen molar-refractivity contribution in [3.8, 4) is 0 Å². The summed E-state index contributed by atoms with van der Waals surface area (Å²) in [6, 6.07) is 0. The average molecular weight is 514 g/mol. The van der Waals surface area contributed by atoms with E-state index in [4.69, 9.17) is 0 Å². The first kappa shape index (κ1) is 18.7. The molecule has 0 radical (unpaired) electrons. The second kappa shape index (κ2) is 2.35. The van der Waals surface area contributed by atoms with Gasteiger partial charge in [0.15, 0.2) is 0 Å². The Labute approximate surface area is 203 Å². The van der Waals surface area contributed by atoms with E-state index < -0.39 is 6.37 Å². The van der Waals surface area contributed by atoms with Gasteiger partial charge in [0, 0.05) is 0 Å². The molecule has 1 spiro atoms. The molecule has 0 N–H and O–H groups in total. The van der Waals surface area contributed by atoms with E-state index >= 15 is 0 Å². The summed E-state index contributed by atoms with van der Waals surface area (Å²) < 4.78 is 1.49. The number of rotatable bonds is 2. The van der Waals surface area contributed by atoms with Gasteiger partial charge in [-0.1, -0.05) is 0 Å². The van der Waals surface area contributed by atoms with Crippen LogP contribution in [0.5, 0.6) is 0 Å². The van der Waals surface area contributed by atoms with E-state index in [-0.39, 0.29) is 0 Å². The molecule has 0 aromatic rings. The second-order valence-electron chi connectivity index (χ2n) is 18.8. The fraction of sp³-hybridized carbons (Fsp3) is 0.765. The number of allylic oxidation sites excluding steroid dienone is 8. The van der Waals surface area contributed by atoms with Gasteiger partial charge in [0.2, 0.25) is 0 Å². The maximum atomic E-state index is 2.69. The Hall–Kier alpha value is -0.534. The van der Waals surface area contributed by atoms with Gasteiger partial charge in [-0.25, -0.2) is 0 Å². The first-order chi connectivity index (χ1) is 16.0. The van der Waals surface area contributed by atoms with Crippen LogP contribution in [-0.2, 0) is 6.37 Å². The summed E-state index contributed by atoms with van der Waals surface area (Å²) in [6.07, 6.45) is -3.62. The summed E-state index contributed by atoms with van der Waals surface area (Å²) in [7, 11) is 0. The van der Waals surface area contributed by atoms with Gasteiger partial charge in [0.25, 0.3) is 0 Å². The van der Waals surface area contributed by atoms with E-state index in [1.807, 2.05) is 0 Å². The topological polar surface area (TPSA) is 0 Å². The van der Waals surface area contributed by atoms with E-state index in [9.17, 15) is 0 Å². The Bertz CT molecular complexity index is 1730. The molecule has 10 heterocycles. The van der Waals surface area contributed by atoms with Crippen molar-refractivity contribution >= 4 is 0 Å². The molecule has 0 aromatic heterocycles. The Balaban J connectivity index is 1.27. The molecule has 2 aliphatic carbocycles. The second-order valence-corrected chi connectivity index (χ2v) is 40.7. The molecule has 10 aliphatic heterocycles. The standard InChI is InChI=1S/C29H41.C5H5.Co/c1-16-18(3)26(22(7)28(9,10)20(16)5)24-14-13-15-25(24)27-19(4)17(2)21(6)29(11,12)23(27)8;1-2-4-5-3-1;/h13-15,22-23H,1-12H3;1-5H;. The molecule has 12 aliphatic rings. The van der Waals surface area contributed by atoms with Crippen molar-refractivity contribution in [2.75, 3.05) is 0 Å². The van der Waals surface area contributed by atoms with Crippen LogP contribution in [-0.4, -0.2) is 0 Å². The number of hydrogen-bond acceptors (Lipinski definition) is 0. The minimum atomic E-state index is -3.62. The van der Waals surface area contributed by atoms with Gasteiger partial charge in [0.05, 0.1) is 0 Å². The number of fused-ring (bicyclic) bond motifs is 10. The SMILES string of the molecule is CC1=C(C)C(C)(C)C(C)C([C]23[CH]4[CH]5[CH]6[C]2(C2=C(C)C(C)=C(C)C(C)(C)C2C)[Co]54632789[CH]3[CH]2[CH]7[CH]8[CH]39)=C1C. The van der Waals surface area contributed by atoms with Crippen LogP contribution >= 0.6 is 0 Å². The summed E-state index contributed by atoms with van der Waals surface area (Å²) in [5.74, 6) is 1.46. The van der Waals surface area contributed by atoms with Gasteiger partial charge in [-0.05, 0) is 0 Å². The van der Waals surface area contributed by atoms with Gasteiger partial charge in [-0.2, -0.15) is 0 Å². The molecular weight excluding hydrogens is 467 g/mol. The van der Waals surface area contributed by atoms with E-state index in [0.29, 0.717) is 10.8 Å². The van der Waals surface area contributed by atoms with Gasteiger partial charge in [-0.3, -0.25) is 0 Å². The van der Waals surface area contributed by atoms with Crippen molar-refractivity contribution in [1.29, 1.82) is 0 Å². The summed E-state index contributed by atoms with van der Waals surface area (Å²) in [4.78, 5) is 10.5. The molecule has 12 rings (SSSR count). The molecule has 1 heteroatoms. The fourth-order valence-corrected chi connectivity index (χ4v) is 92.7. The van der Waals surface area contributed by atoms with E-state index in [1.54, 1.807) is 33.4 Å². The fourth-order valence-electron chi connectivity index (χ4n) is 22.1. The van der Waals surface area contributed by atoms with Crippen LogP contribution in [0.4, 0.5) is 0 Å². The zero-order chi connectivity index (χ0) is 24.7. The first-order valence-electron chi connectivity index (χ1n) is 14.8. The van der Waals surface area contributed by atoms with Gasteiger partial charge >= 0.3 is 204 Å². The van der Waals surface area contributed by atoms with Crippen molar-refractivity contribution in [2.45, 2.75) is 131 Å². The Morgan fingerprint density at radius 3 is 1.06 bits per heavy atom. The van der Waals surface area contributed by atoms with E-state index in [0.717, 1.165) is 20.5 Å². The predicted octanol–water partition coefficient (Wildman–Crippen LogP) is 10.8. The van der Waals surface area contributed by atoms with E-state index in [2.05, 4.69) is 94.2 Å². The molecule has 0 bridgehead atoms. The van der Waals surface area contributed by atoms with Crippen LogP contribution in [0.3, 0.4) is 0 Å². The van der Waals surface area contributed by atoms with Crippen molar-refractivity contribution in [1.82, 2.24) is 0 Å². The van der Waals surface area contributed by atoms with Crippen molar-refractivity contribution < 1.29 is 6.37 Å². The third kappa shape index (κ3) is 0.382. The van der Waals surface area contributed by atoms with Crippen molar-refractivity contribution in [3.63, 3.8) is 0 Å². The monoisotopic (exact) mass is 513 g/mol. The molecule has 0 saturated carbocycles. The molecule has 0 aromatic carbocycles. The quantitative estimate of drug-likeness (QED) is 0.344. The summed E-state index contributed by atoms with van der Waals surface area (Å²) >= 11 is 0. The van der Waals surface area contributed by atoms with Crippen LogP contribution in [0, 0.1) is 22.7 Å². The Morgan fingerprint density at radius 1 is 0.486 bits per heavy atom. The Morgan fingerprint density at radius 2 is 0.800 bits per heavy atom. The zero-order valence-corrected chi connectivity index (χ0v) is 25.1. The van der Waals surface area contributed by atoms with Crippen LogP contribution in [0.25, 0.3) is 0 Å². The molecule has 6 atom stereocenters. The van der Waals surface area contributed by atoms with Gasteiger partial charge < -0.3 is 0 Å². The van der Waals surface area contributed by atoms with Gasteiger partial charge in [-0.15, -0.1) is 0 Å².